The minimum atomic E-state index is 0. The highest BCUT2D eigenvalue weighted by molar-refractivity contribution is 5.86. The van der Waals surface area contributed by atoms with Gasteiger partial charge in [0.1, 0.15) is 0 Å². The van der Waals surface area contributed by atoms with Crippen LogP contribution in [0.1, 0.15) is 29.9 Å². The lowest BCUT2D eigenvalue weighted by molar-refractivity contribution is -0.123. The maximum atomic E-state index is 12.1. The van der Waals surface area contributed by atoms with Gasteiger partial charge in [-0.2, -0.15) is 0 Å². The van der Waals surface area contributed by atoms with Crippen LogP contribution in [0.2, 0.25) is 0 Å². The van der Waals surface area contributed by atoms with Gasteiger partial charge in [0, 0.05) is 6.54 Å². The number of halogens is 1. The molecule has 2 atom stereocenters. The largest absolute Gasteiger partial charge is 0.355 e. The molecule has 2 N–H and O–H groups in total. The van der Waals surface area contributed by atoms with E-state index < -0.39 is 0 Å². The number of hydrogen-bond donors (Lipinski definition) is 2. The van der Waals surface area contributed by atoms with Crippen LogP contribution in [0.25, 0.3) is 0 Å². The Hall–Kier alpha value is -1.06. The summed E-state index contributed by atoms with van der Waals surface area (Å²) in [7, 11) is 0. The first-order chi connectivity index (χ1) is 8.84. The van der Waals surface area contributed by atoms with Crippen LogP contribution in [0.15, 0.2) is 24.3 Å². The lowest BCUT2D eigenvalue weighted by Crippen LogP contribution is -2.41. The number of fused-ring (bicyclic) bond motifs is 1. The van der Waals surface area contributed by atoms with E-state index in [0.717, 1.165) is 26.1 Å². The van der Waals surface area contributed by atoms with Crippen LogP contribution >= 0.6 is 12.4 Å². The SMILES string of the molecule is Cl.O=C(NCC1CCCNC1)C1Cc2ccccc21. The van der Waals surface area contributed by atoms with Crippen LogP contribution in [0.3, 0.4) is 0 Å². The van der Waals surface area contributed by atoms with Gasteiger partial charge in [0.15, 0.2) is 0 Å². The minimum Gasteiger partial charge on any atom is -0.355 e. The van der Waals surface area contributed by atoms with E-state index in [1.165, 1.54) is 24.0 Å². The molecule has 1 aromatic rings. The number of benzene rings is 1. The van der Waals surface area contributed by atoms with Gasteiger partial charge in [-0.05, 0) is 49.4 Å². The van der Waals surface area contributed by atoms with Gasteiger partial charge in [-0.1, -0.05) is 24.3 Å². The molecule has 0 saturated carbocycles. The van der Waals surface area contributed by atoms with Crippen molar-refractivity contribution < 1.29 is 4.79 Å². The number of nitrogens with one attached hydrogen (secondary N) is 2. The van der Waals surface area contributed by atoms with E-state index in [-0.39, 0.29) is 24.2 Å². The molecule has 1 aliphatic heterocycles. The van der Waals surface area contributed by atoms with Crippen molar-refractivity contribution in [3.05, 3.63) is 35.4 Å². The summed E-state index contributed by atoms with van der Waals surface area (Å²) >= 11 is 0. The smallest absolute Gasteiger partial charge is 0.227 e. The average Bonchev–Trinajstić information content (AvgIpc) is 2.39. The topological polar surface area (TPSA) is 41.1 Å². The second-order valence-corrected chi connectivity index (χ2v) is 5.41. The zero-order valence-corrected chi connectivity index (χ0v) is 11.8. The number of amides is 1. The second-order valence-electron chi connectivity index (χ2n) is 5.41. The molecule has 1 aromatic carbocycles. The van der Waals surface area contributed by atoms with E-state index in [1.807, 2.05) is 12.1 Å². The summed E-state index contributed by atoms with van der Waals surface area (Å²) in [4.78, 5) is 12.1. The molecule has 0 radical (unpaired) electrons. The molecule has 0 spiro atoms. The standard InChI is InChI=1S/C15H20N2O.ClH/c18-15(17-10-11-4-3-7-16-9-11)14-8-12-5-1-2-6-13(12)14;/h1-2,5-6,11,14,16H,3-4,7-10H2,(H,17,18);1H. The van der Waals surface area contributed by atoms with Crippen molar-refractivity contribution in [2.75, 3.05) is 19.6 Å². The number of carbonyl (C=O) groups excluding carboxylic acids is 1. The first-order valence-electron chi connectivity index (χ1n) is 6.91. The van der Waals surface area contributed by atoms with Gasteiger partial charge in [0.25, 0.3) is 0 Å². The van der Waals surface area contributed by atoms with E-state index in [4.69, 9.17) is 0 Å². The molecule has 1 aliphatic carbocycles. The molecule has 1 heterocycles. The third-order valence-corrected chi connectivity index (χ3v) is 4.13. The Morgan fingerprint density at radius 3 is 2.95 bits per heavy atom. The summed E-state index contributed by atoms with van der Waals surface area (Å²) in [6.07, 6.45) is 3.37. The van der Waals surface area contributed by atoms with E-state index in [1.54, 1.807) is 0 Å². The van der Waals surface area contributed by atoms with Gasteiger partial charge in [-0.3, -0.25) is 4.79 Å². The fourth-order valence-electron chi connectivity index (χ4n) is 2.96. The zero-order valence-electron chi connectivity index (χ0n) is 11.0. The predicted octanol–water partition coefficient (Wildman–Crippen LogP) is 1.86. The minimum absolute atomic E-state index is 0. The molecule has 0 bridgehead atoms. The summed E-state index contributed by atoms with van der Waals surface area (Å²) in [5.41, 5.74) is 2.55. The molecule has 2 aliphatic rings. The van der Waals surface area contributed by atoms with Crippen LogP contribution < -0.4 is 10.6 Å². The maximum absolute atomic E-state index is 12.1. The second kappa shape index (κ2) is 6.40. The molecular weight excluding hydrogens is 260 g/mol. The molecular formula is C15H21ClN2O. The third-order valence-electron chi connectivity index (χ3n) is 4.13. The quantitative estimate of drug-likeness (QED) is 0.887. The van der Waals surface area contributed by atoms with Gasteiger partial charge in [0.05, 0.1) is 5.92 Å². The van der Waals surface area contributed by atoms with Crippen LogP contribution in [-0.2, 0) is 11.2 Å². The fourth-order valence-corrected chi connectivity index (χ4v) is 2.96. The molecule has 1 fully saturated rings. The average molecular weight is 281 g/mol. The maximum Gasteiger partial charge on any atom is 0.227 e. The van der Waals surface area contributed by atoms with Gasteiger partial charge < -0.3 is 10.6 Å². The van der Waals surface area contributed by atoms with Crippen LogP contribution in [-0.4, -0.2) is 25.5 Å². The Labute approximate surface area is 120 Å². The van der Waals surface area contributed by atoms with E-state index >= 15 is 0 Å². The van der Waals surface area contributed by atoms with E-state index in [0.29, 0.717) is 5.92 Å². The number of carbonyl (C=O) groups is 1. The van der Waals surface area contributed by atoms with Gasteiger partial charge in [-0.25, -0.2) is 0 Å². The lowest BCUT2D eigenvalue weighted by atomic mass is 9.77. The lowest BCUT2D eigenvalue weighted by Gasteiger charge is -2.30. The number of piperidine rings is 1. The number of rotatable bonds is 3. The molecule has 19 heavy (non-hydrogen) atoms. The number of hydrogen-bond acceptors (Lipinski definition) is 2. The Bertz CT molecular complexity index is 444. The predicted molar refractivity (Wildman–Crippen MR) is 78.7 cm³/mol. The summed E-state index contributed by atoms with van der Waals surface area (Å²) in [5, 5.41) is 6.50. The molecule has 4 heteroatoms. The third kappa shape index (κ3) is 3.10. The Morgan fingerprint density at radius 1 is 1.37 bits per heavy atom. The first kappa shape index (κ1) is 14.4. The first-order valence-corrected chi connectivity index (χ1v) is 6.91. The molecule has 3 nitrogen and oxygen atoms in total. The van der Waals surface area contributed by atoms with Gasteiger partial charge in [-0.15, -0.1) is 12.4 Å². The van der Waals surface area contributed by atoms with Crippen molar-refractivity contribution in [1.82, 2.24) is 10.6 Å². The molecule has 0 aromatic heterocycles. The normalized spacial score (nSPS) is 24.6. The summed E-state index contributed by atoms with van der Waals surface area (Å²) < 4.78 is 0. The summed E-state index contributed by atoms with van der Waals surface area (Å²) in [6.45, 7) is 2.99. The van der Waals surface area contributed by atoms with Crippen molar-refractivity contribution in [2.45, 2.75) is 25.2 Å². The van der Waals surface area contributed by atoms with E-state index in [9.17, 15) is 4.79 Å². The Morgan fingerprint density at radius 2 is 2.21 bits per heavy atom. The van der Waals surface area contributed by atoms with Crippen molar-refractivity contribution in [2.24, 2.45) is 5.92 Å². The van der Waals surface area contributed by atoms with Gasteiger partial charge >= 0.3 is 0 Å². The summed E-state index contributed by atoms with van der Waals surface area (Å²) in [5.74, 6) is 0.912. The highest BCUT2D eigenvalue weighted by atomic mass is 35.5. The highest BCUT2D eigenvalue weighted by Crippen LogP contribution is 2.34. The van der Waals surface area contributed by atoms with Crippen molar-refractivity contribution in [3.63, 3.8) is 0 Å². The summed E-state index contributed by atoms with van der Waals surface area (Å²) in [6, 6.07) is 8.25. The molecule has 1 amide bonds. The molecule has 104 valence electrons. The molecule has 1 saturated heterocycles. The van der Waals surface area contributed by atoms with Crippen molar-refractivity contribution >= 4 is 18.3 Å². The Kier molecular flexibility index (Phi) is 4.83. The highest BCUT2D eigenvalue weighted by Gasteiger charge is 2.31. The zero-order chi connectivity index (χ0) is 12.4. The molecule has 3 rings (SSSR count). The Balaban J connectivity index is 0.00000133. The fraction of sp³-hybridized carbons (Fsp3) is 0.533. The van der Waals surface area contributed by atoms with Crippen LogP contribution in [0.4, 0.5) is 0 Å². The van der Waals surface area contributed by atoms with Crippen molar-refractivity contribution in [3.8, 4) is 0 Å². The monoisotopic (exact) mass is 280 g/mol. The van der Waals surface area contributed by atoms with Crippen LogP contribution in [0.5, 0.6) is 0 Å². The van der Waals surface area contributed by atoms with Crippen LogP contribution in [0, 0.1) is 5.92 Å². The molecule has 2 unspecified atom stereocenters. The van der Waals surface area contributed by atoms with E-state index in [2.05, 4.69) is 22.8 Å². The van der Waals surface area contributed by atoms with Crippen molar-refractivity contribution in [1.29, 1.82) is 0 Å². The van der Waals surface area contributed by atoms with Gasteiger partial charge in [0.2, 0.25) is 5.91 Å².